The van der Waals surface area contributed by atoms with Crippen LogP contribution in [0.2, 0.25) is 0 Å². The average Bonchev–Trinajstić information content (AvgIpc) is 3.16. The molecule has 2 fully saturated rings. The summed E-state index contributed by atoms with van der Waals surface area (Å²) in [5, 5.41) is 12.4. The minimum absolute atomic E-state index is 0.120. The zero-order valence-electron chi connectivity index (χ0n) is 14.3. The first-order valence-corrected chi connectivity index (χ1v) is 8.80. The Morgan fingerprint density at radius 2 is 2.25 bits per heavy atom. The van der Waals surface area contributed by atoms with E-state index in [2.05, 4.69) is 44.1 Å². The van der Waals surface area contributed by atoms with Gasteiger partial charge >= 0.3 is 0 Å². The number of anilines is 1. The second-order valence-corrected chi connectivity index (χ2v) is 6.95. The molecule has 1 aliphatic carbocycles. The lowest BCUT2D eigenvalue weighted by Gasteiger charge is -2.31. The van der Waals surface area contributed by atoms with Crippen LogP contribution in [0.1, 0.15) is 56.3 Å². The molecule has 4 rings (SSSR count). The number of nitrogens with zero attached hydrogens (tertiary/aromatic N) is 6. The highest BCUT2D eigenvalue weighted by atomic mass is 16.5. The maximum absolute atomic E-state index is 5.49. The molecule has 2 aromatic rings. The molecule has 2 aromatic heterocycles. The fourth-order valence-corrected chi connectivity index (χ4v) is 3.38. The van der Waals surface area contributed by atoms with Gasteiger partial charge in [0.2, 0.25) is 5.89 Å². The third kappa shape index (κ3) is 3.13. The van der Waals surface area contributed by atoms with Crippen molar-refractivity contribution in [3.05, 3.63) is 30.0 Å². The van der Waals surface area contributed by atoms with Crippen LogP contribution in [0.4, 0.5) is 5.82 Å². The molecule has 0 amide bonds. The number of aromatic nitrogens is 4. The van der Waals surface area contributed by atoms with Crippen LogP contribution >= 0.6 is 0 Å². The minimum Gasteiger partial charge on any atom is -0.351 e. The van der Waals surface area contributed by atoms with E-state index >= 15 is 0 Å². The molecular formula is C17H24N6O. The summed E-state index contributed by atoms with van der Waals surface area (Å²) in [4.78, 5) is 9.25. The van der Waals surface area contributed by atoms with E-state index in [0.717, 1.165) is 30.6 Å². The third-order valence-corrected chi connectivity index (χ3v) is 5.15. The Bertz CT molecular complexity index is 671. The molecular weight excluding hydrogens is 304 g/mol. The fraction of sp³-hybridized carbons (Fsp3) is 0.647. The Balaban J connectivity index is 1.41. The van der Waals surface area contributed by atoms with Gasteiger partial charge in [0.15, 0.2) is 11.6 Å². The standard InChI is InChI=1S/C17H24N6O/c1-12(17-19-16(21-24-17)13-7-8-13)22(2)11-14-5-4-10-23(14)15-6-3-9-18-20-15/h3,6,9,12-14H,4-5,7-8,10-11H2,1-2H3/t12-,14-/m0/s1. The van der Waals surface area contributed by atoms with Crippen molar-refractivity contribution < 1.29 is 4.52 Å². The van der Waals surface area contributed by atoms with Gasteiger partial charge in [-0.1, -0.05) is 5.16 Å². The summed E-state index contributed by atoms with van der Waals surface area (Å²) < 4.78 is 5.49. The molecule has 1 saturated heterocycles. The zero-order chi connectivity index (χ0) is 16.5. The first-order chi connectivity index (χ1) is 11.7. The van der Waals surface area contributed by atoms with Crippen molar-refractivity contribution in [2.24, 2.45) is 0 Å². The monoisotopic (exact) mass is 328 g/mol. The van der Waals surface area contributed by atoms with E-state index in [1.54, 1.807) is 6.20 Å². The van der Waals surface area contributed by atoms with Crippen LogP contribution in [0.15, 0.2) is 22.9 Å². The van der Waals surface area contributed by atoms with Gasteiger partial charge in [0.25, 0.3) is 0 Å². The molecule has 7 heteroatoms. The van der Waals surface area contributed by atoms with Gasteiger partial charge in [-0.15, -0.1) is 5.10 Å². The number of hydrogen-bond acceptors (Lipinski definition) is 7. The van der Waals surface area contributed by atoms with E-state index in [0.29, 0.717) is 12.0 Å². The third-order valence-electron chi connectivity index (χ3n) is 5.15. The van der Waals surface area contributed by atoms with E-state index in [4.69, 9.17) is 4.52 Å². The number of hydrogen-bond donors (Lipinski definition) is 0. The van der Waals surface area contributed by atoms with Crippen LogP contribution in [-0.4, -0.2) is 51.4 Å². The summed E-state index contributed by atoms with van der Waals surface area (Å²) in [5.41, 5.74) is 0. The van der Waals surface area contributed by atoms with Gasteiger partial charge in [-0.2, -0.15) is 10.1 Å². The summed E-state index contributed by atoms with van der Waals surface area (Å²) in [5.74, 6) is 3.10. The zero-order valence-corrected chi connectivity index (χ0v) is 14.3. The lowest BCUT2D eigenvalue weighted by molar-refractivity contribution is 0.199. The second-order valence-electron chi connectivity index (χ2n) is 6.95. The normalized spacial score (nSPS) is 22.3. The fourth-order valence-electron chi connectivity index (χ4n) is 3.38. The van der Waals surface area contributed by atoms with Gasteiger partial charge in [-0.05, 0) is 51.8 Å². The Kier molecular flexibility index (Phi) is 4.18. The summed E-state index contributed by atoms with van der Waals surface area (Å²) in [7, 11) is 2.12. The summed E-state index contributed by atoms with van der Waals surface area (Å²) >= 11 is 0. The quantitative estimate of drug-likeness (QED) is 0.806. The van der Waals surface area contributed by atoms with E-state index in [1.807, 2.05) is 12.1 Å². The molecule has 0 unspecified atom stereocenters. The number of likely N-dealkylation sites (N-methyl/N-ethyl adjacent to an activating group) is 1. The molecule has 2 aliphatic rings. The SMILES string of the molecule is C[C@@H](c1nc(C2CC2)no1)N(C)C[C@@H]1CCCN1c1cccnn1. The first-order valence-electron chi connectivity index (χ1n) is 8.80. The molecule has 0 aromatic carbocycles. The van der Waals surface area contributed by atoms with Gasteiger partial charge in [-0.25, -0.2) is 0 Å². The van der Waals surface area contributed by atoms with Gasteiger partial charge < -0.3 is 9.42 Å². The second kappa shape index (κ2) is 6.47. The largest absolute Gasteiger partial charge is 0.351 e. The molecule has 1 saturated carbocycles. The summed E-state index contributed by atoms with van der Waals surface area (Å²) in [6, 6.07) is 4.55. The summed E-state index contributed by atoms with van der Waals surface area (Å²) in [6.07, 6.45) is 6.47. The Morgan fingerprint density at radius 3 is 3.00 bits per heavy atom. The molecule has 1 aliphatic heterocycles. The van der Waals surface area contributed by atoms with Crippen molar-refractivity contribution >= 4 is 5.82 Å². The smallest absolute Gasteiger partial charge is 0.243 e. The van der Waals surface area contributed by atoms with Gasteiger partial charge in [0.1, 0.15) is 0 Å². The number of rotatable bonds is 6. The first kappa shape index (κ1) is 15.5. The molecule has 0 radical (unpaired) electrons. The highest BCUT2D eigenvalue weighted by Crippen LogP contribution is 2.38. The Labute approximate surface area is 142 Å². The van der Waals surface area contributed by atoms with Crippen molar-refractivity contribution in [2.75, 3.05) is 25.0 Å². The highest BCUT2D eigenvalue weighted by molar-refractivity contribution is 5.39. The van der Waals surface area contributed by atoms with Crippen molar-refractivity contribution in [1.82, 2.24) is 25.2 Å². The molecule has 128 valence electrons. The molecule has 2 atom stereocenters. The highest BCUT2D eigenvalue weighted by Gasteiger charge is 2.32. The predicted molar refractivity (Wildman–Crippen MR) is 89.7 cm³/mol. The Hall–Kier alpha value is -2.02. The van der Waals surface area contributed by atoms with Crippen LogP contribution in [0.25, 0.3) is 0 Å². The van der Waals surface area contributed by atoms with Crippen LogP contribution in [0, 0.1) is 0 Å². The van der Waals surface area contributed by atoms with Crippen molar-refractivity contribution in [3.8, 4) is 0 Å². The van der Waals surface area contributed by atoms with Crippen molar-refractivity contribution in [1.29, 1.82) is 0 Å². The molecule has 0 N–H and O–H groups in total. The minimum atomic E-state index is 0.120. The molecule has 24 heavy (non-hydrogen) atoms. The van der Waals surface area contributed by atoms with E-state index < -0.39 is 0 Å². The molecule has 3 heterocycles. The van der Waals surface area contributed by atoms with Crippen molar-refractivity contribution in [3.63, 3.8) is 0 Å². The lowest BCUT2D eigenvalue weighted by atomic mass is 10.2. The van der Waals surface area contributed by atoms with Gasteiger partial charge in [0, 0.05) is 31.2 Å². The predicted octanol–water partition coefficient (Wildman–Crippen LogP) is 2.40. The van der Waals surface area contributed by atoms with E-state index in [9.17, 15) is 0 Å². The van der Waals surface area contributed by atoms with Crippen LogP contribution in [0.5, 0.6) is 0 Å². The van der Waals surface area contributed by atoms with E-state index in [1.165, 1.54) is 25.7 Å². The maximum Gasteiger partial charge on any atom is 0.243 e. The molecule has 0 spiro atoms. The van der Waals surface area contributed by atoms with Crippen LogP contribution in [-0.2, 0) is 0 Å². The van der Waals surface area contributed by atoms with Crippen LogP contribution < -0.4 is 4.90 Å². The van der Waals surface area contributed by atoms with Gasteiger partial charge in [-0.3, -0.25) is 4.90 Å². The molecule has 0 bridgehead atoms. The van der Waals surface area contributed by atoms with Gasteiger partial charge in [0.05, 0.1) is 6.04 Å². The maximum atomic E-state index is 5.49. The Morgan fingerprint density at radius 1 is 1.38 bits per heavy atom. The average molecular weight is 328 g/mol. The topological polar surface area (TPSA) is 71.2 Å². The van der Waals surface area contributed by atoms with Crippen LogP contribution in [0.3, 0.4) is 0 Å². The summed E-state index contributed by atoms with van der Waals surface area (Å²) in [6.45, 7) is 4.11. The van der Waals surface area contributed by atoms with Crippen molar-refractivity contribution in [2.45, 2.75) is 50.6 Å². The lowest BCUT2D eigenvalue weighted by Crippen LogP contribution is -2.40. The van der Waals surface area contributed by atoms with E-state index in [-0.39, 0.29) is 6.04 Å². The molecule has 7 nitrogen and oxygen atoms in total.